The van der Waals surface area contributed by atoms with Crippen LogP contribution in [0.1, 0.15) is 22.8 Å². The Bertz CT molecular complexity index is 1150. The second-order valence-electron chi connectivity index (χ2n) is 6.69. The van der Waals surface area contributed by atoms with E-state index in [0.29, 0.717) is 23.0 Å². The number of ether oxygens (including phenoxy) is 2. The van der Waals surface area contributed by atoms with Crippen LogP contribution < -0.4 is 19.2 Å². The first kappa shape index (κ1) is 19.2. The summed E-state index contributed by atoms with van der Waals surface area (Å²) >= 11 is 1.10. The molecule has 1 amide bonds. The van der Waals surface area contributed by atoms with E-state index in [1.807, 2.05) is 12.1 Å². The Labute approximate surface area is 170 Å². The molecule has 29 heavy (non-hydrogen) atoms. The van der Waals surface area contributed by atoms with Crippen LogP contribution >= 0.6 is 11.3 Å². The number of anilines is 2. The normalized spacial score (nSPS) is 15.9. The van der Waals surface area contributed by atoms with E-state index < -0.39 is 5.82 Å². The van der Waals surface area contributed by atoms with Gasteiger partial charge in [0, 0.05) is 19.4 Å². The van der Waals surface area contributed by atoms with Crippen LogP contribution in [0.25, 0.3) is 0 Å². The highest BCUT2D eigenvalue weighted by Crippen LogP contribution is 2.45. The Kier molecular flexibility index (Phi) is 4.87. The molecule has 1 atom stereocenters. The molecule has 1 aliphatic rings. The standard InChI is InChI=1S/C21H19FN2O4S/c1-23-20-19(29-21(23)26)15(12-7-8-16(27-2)17(9-12)28-3)11-18(25)24(20)14-6-4-5-13(22)10-14/h4-10,15H,11H2,1-3H3. The number of carbonyl (C=O) groups excluding carboxylic acids is 1. The predicted molar refractivity (Wildman–Crippen MR) is 109 cm³/mol. The number of fused-ring (bicyclic) bond motifs is 1. The van der Waals surface area contributed by atoms with E-state index in [4.69, 9.17) is 9.47 Å². The molecule has 0 bridgehead atoms. The molecule has 0 radical (unpaired) electrons. The maximum absolute atomic E-state index is 13.8. The highest BCUT2D eigenvalue weighted by molar-refractivity contribution is 7.10. The number of nitrogens with zero attached hydrogens (tertiary/aromatic N) is 2. The van der Waals surface area contributed by atoms with E-state index >= 15 is 0 Å². The molecular formula is C21H19FN2O4S. The minimum Gasteiger partial charge on any atom is -0.493 e. The summed E-state index contributed by atoms with van der Waals surface area (Å²) in [6.07, 6.45) is 0.152. The lowest BCUT2D eigenvalue weighted by Crippen LogP contribution is -2.34. The van der Waals surface area contributed by atoms with Crippen molar-refractivity contribution in [2.24, 2.45) is 7.05 Å². The molecule has 0 aliphatic carbocycles. The molecule has 3 aromatic rings. The van der Waals surface area contributed by atoms with Crippen LogP contribution in [0.2, 0.25) is 0 Å². The van der Waals surface area contributed by atoms with Gasteiger partial charge in [0.2, 0.25) is 5.91 Å². The van der Waals surface area contributed by atoms with Gasteiger partial charge in [0.15, 0.2) is 11.5 Å². The average Bonchev–Trinajstić information content (AvgIpc) is 3.01. The number of thiazole rings is 1. The molecule has 150 valence electrons. The average molecular weight is 414 g/mol. The molecule has 8 heteroatoms. The minimum absolute atomic E-state index is 0.152. The van der Waals surface area contributed by atoms with Crippen LogP contribution in [0, 0.1) is 5.82 Å². The molecule has 4 rings (SSSR count). The lowest BCUT2D eigenvalue weighted by molar-refractivity contribution is -0.118. The molecule has 0 saturated carbocycles. The van der Waals surface area contributed by atoms with Gasteiger partial charge in [0.25, 0.3) is 0 Å². The third kappa shape index (κ3) is 3.19. The summed E-state index contributed by atoms with van der Waals surface area (Å²) < 4.78 is 25.9. The molecule has 0 N–H and O–H groups in total. The third-order valence-corrected chi connectivity index (χ3v) is 6.18. The molecule has 2 heterocycles. The maximum atomic E-state index is 13.8. The van der Waals surface area contributed by atoms with Crippen LogP contribution in [0.15, 0.2) is 47.3 Å². The van der Waals surface area contributed by atoms with E-state index in [-0.39, 0.29) is 23.1 Å². The number of amides is 1. The summed E-state index contributed by atoms with van der Waals surface area (Å²) in [6, 6.07) is 11.3. The molecule has 6 nitrogen and oxygen atoms in total. The highest BCUT2D eigenvalue weighted by Gasteiger charge is 2.37. The van der Waals surface area contributed by atoms with Crippen molar-refractivity contribution in [3.8, 4) is 11.5 Å². The van der Waals surface area contributed by atoms with Crippen LogP contribution in [0.3, 0.4) is 0 Å². The lowest BCUT2D eigenvalue weighted by atomic mass is 9.90. The predicted octanol–water partition coefficient (Wildman–Crippen LogP) is 3.80. The topological polar surface area (TPSA) is 60.8 Å². The van der Waals surface area contributed by atoms with Crippen LogP contribution in [0.5, 0.6) is 11.5 Å². The Morgan fingerprint density at radius 1 is 1.07 bits per heavy atom. The van der Waals surface area contributed by atoms with Crippen LogP contribution in [-0.2, 0) is 11.8 Å². The molecule has 2 aromatic carbocycles. The van der Waals surface area contributed by atoms with Gasteiger partial charge in [-0.1, -0.05) is 23.5 Å². The lowest BCUT2D eigenvalue weighted by Gasteiger charge is -2.32. The Balaban J connectivity index is 1.87. The molecule has 0 fully saturated rings. The van der Waals surface area contributed by atoms with E-state index in [0.717, 1.165) is 21.8 Å². The summed E-state index contributed by atoms with van der Waals surface area (Å²) in [5.74, 6) is 0.647. The van der Waals surface area contributed by atoms with Gasteiger partial charge in [-0.15, -0.1) is 0 Å². The number of rotatable bonds is 4. The van der Waals surface area contributed by atoms with E-state index in [2.05, 4.69) is 0 Å². The maximum Gasteiger partial charge on any atom is 0.308 e. The van der Waals surface area contributed by atoms with Gasteiger partial charge in [-0.2, -0.15) is 0 Å². The Hall–Kier alpha value is -3.13. The van der Waals surface area contributed by atoms with Crippen molar-refractivity contribution in [2.45, 2.75) is 12.3 Å². The molecule has 0 spiro atoms. The van der Waals surface area contributed by atoms with Gasteiger partial charge in [0.05, 0.1) is 24.8 Å². The second kappa shape index (κ2) is 7.36. The first-order valence-corrected chi connectivity index (χ1v) is 9.76. The fraction of sp³-hybridized carbons (Fsp3) is 0.238. The summed E-state index contributed by atoms with van der Waals surface area (Å²) in [4.78, 5) is 27.6. The summed E-state index contributed by atoms with van der Waals surface area (Å²) in [5, 5.41) is 0. The number of hydrogen-bond donors (Lipinski definition) is 0. The van der Waals surface area contributed by atoms with Gasteiger partial charge in [0.1, 0.15) is 11.6 Å². The molecular weight excluding hydrogens is 395 g/mol. The van der Waals surface area contributed by atoms with Crippen molar-refractivity contribution in [2.75, 3.05) is 19.1 Å². The highest BCUT2D eigenvalue weighted by atomic mass is 32.1. The molecule has 1 unspecified atom stereocenters. The monoisotopic (exact) mass is 414 g/mol. The summed E-state index contributed by atoms with van der Waals surface area (Å²) in [6.45, 7) is 0. The zero-order chi connectivity index (χ0) is 20.7. The van der Waals surface area contributed by atoms with Gasteiger partial charge >= 0.3 is 4.87 Å². The second-order valence-corrected chi connectivity index (χ2v) is 7.69. The van der Waals surface area contributed by atoms with Crippen molar-refractivity contribution in [3.05, 3.63) is 68.4 Å². The first-order valence-electron chi connectivity index (χ1n) is 8.94. The van der Waals surface area contributed by atoms with Crippen molar-refractivity contribution < 1.29 is 18.7 Å². The quantitative estimate of drug-likeness (QED) is 0.652. The van der Waals surface area contributed by atoms with Crippen LogP contribution in [0.4, 0.5) is 15.9 Å². The fourth-order valence-corrected chi connectivity index (χ4v) is 4.74. The summed E-state index contributed by atoms with van der Waals surface area (Å²) in [5.41, 5.74) is 1.24. The number of halogens is 1. The molecule has 0 saturated heterocycles. The van der Waals surface area contributed by atoms with Gasteiger partial charge in [-0.25, -0.2) is 4.39 Å². The van der Waals surface area contributed by atoms with Crippen molar-refractivity contribution in [3.63, 3.8) is 0 Å². The Morgan fingerprint density at radius 3 is 2.52 bits per heavy atom. The van der Waals surface area contributed by atoms with E-state index in [9.17, 15) is 14.0 Å². The van der Waals surface area contributed by atoms with Crippen molar-refractivity contribution in [1.82, 2.24) is 4.57 Å². The molecule has 1 aliphatic heterocycles. The number of methoxy groups -OCH3 is 2. The van der Waals surface area contributed by atoms with Crippen molar-refractivity contribution in [1.29, 1.82) is 0 Å². The summed E-state index contributed by atoms with van der Waals surface area (Å²) in [7, 11) is 4.72. The smallest absolute Gasteiger partial charge is 0.308 e. The third-order valence-electron chi connectivity index (χ3n) is 5.04. The number of hydrogen-bond acceptors (Lipinski definition) is 5. The van der Waals surface area contributed by atoms with E-state index in [1.54, 1.807) is 39.5 Å². The van der Waals surface area contributed by atoms with E-state index in [1.165, 1.54) is 21.6 Å². The van der Waals surface area contributed by atoms with Gasteiger partial charge in [-0.05, 0) is 35.9 Å². The fourth-order valence-electron chi connectivity index (χ4n) is 3.64. The minimum atomic E-state index is -0.445. The Morgan fingerprint density at radius 2 is 1.83 bits per heavy atom. The van der Waals surface area contributed by atoms with Crippen molar-refractivity contribution >= 4 is 28.7 Å². The van der Waals surface area contributed by atoms with Gasteiger partial charge < -0.3 is 9.47 Å². The zero-order valence-electron chi connectivity index (χ0n) is 16.1. The SMILES string of the molecule is COc1ccc(C2CC(=O)N(c3cccc(F)c3)c3c2sc(=O)n3C)cc1OC. The molecule has 1 aromatic heterocycles. The zero-order valence-corrected chi connectivity index (χ0v) is 17.0. The van der Waals surface area contributed by atoms with Crippen LogP contribution in [-0.4, -0.2) is 24.7 Å². The van der Waals surface area contributed by atoms with Gasteiger partial charge in [-0.3, -0.25) is 19.1 Å². The largest absolute Gasteiger partial charge is 0.493 e. The number of aromatic nitrogens is 1. The first-order chi connectivity index (χ1) is 13.9. The number of carbonyl (C=O) groups is 1. The number of benzene rings is 2.